The number of hydrogen-bond acceptors (Lipinski definition) is 6. The molecule has 38 heavy (non-hydrogen) atoms. The van der Waals surface area contributed by atoms with Crippen LogP contribution in [0.3, 0.4) is 0 Å². The van der Waals surface area contributed by atoms with Crippen LogP contribution in [0.5, 0.6) is 0 Å². The van der Waals surface area contributed by atoms with Gasteiger partial charge in [-0.05, 0) is 55.8 Å². The molecule has 0 radical (unpaired) electrons. The molecule has 9 heteroatoms. The van der Waals surface area contributed by atoms with Crippen molar-refractivity contribution in [2.24, 2.45) is 0 Å². The number of anilines is 3. The van der Waals surface area contributed by atoms with Crippen LogP contribution in [0.2, 0.25) is 5.02 Å². The molecule has 0 atom stereocenters. The predicted octanol–water partition coefficient (Wildman–Crippen LogP) is 5.17. The third-order valence-electron chi connectivity index (χ3n) is 8.04. The minimum Gasteiger partial charge on any atom is -0.371 e. The lowest BCUT2D eigenvalue weighted by atomic mass is 9.97. The lowest BCUT2D eigenvalue weighted by Crippen LogP contribution is -2.52. The van der Waals surface area contributed by atoms with Gasteiger partial charge in [-0.25, -0.2) is 9.37 Å². The van der Waals surface area contributed by atoms with Crippen molar-refractivity contribution in [2.45, 2.75) is 18.9 Å². The van der Waals surface area contributed by atoms with Crippen LogP contribution in [0.1, 0.15) is 12.8 Å². The Labute approximate surface area is 228 Å². The van der Waals surface area contributed by atoms with Gasteiger partial charge in [0.05, 0.1) is 11.9 Å². The van der Waals surface area contributed by atoms with Gasteiger partial charge < -0.3 is 14.7 Å². The van der Waals surface area contributed by atoms with Crippen molar-refractivity contribution in [1.82, 2.24) is 24.4 Å². The number of aromatic nitrogens is 3. The zero-order valence-electron chi connectivity index (χ0n) is 21.9. The smallest absolute Gasteiger partial charge is 0.157 e. The van der Waals surface area contributed by atoms with Crippen molar-refractivity contribution in [3.8, 4) is 11.1 Å². The monoisotopic (exact) mass is 533 g/mol. The number of hydrogen-bond donors (Lipinski definition) is 0. The molecule has 2 aliphatic heterocycles. The number of likely N-dealkylation sites (N-methyl/N-ethyl adjacent to an activating group) is 1. The van der Waals surface area contributed by atoms with Gasteiger partial charge in [0.1, 0.15) is 11.6 Å². The molecule has 0 amide bonds. The molecule has 6 rings (SSSR count). The van der Waals surface area contributed by atoms with Crippen LogP contribution in [-0.2, 0) is 0 Å². The Morgan fingerprint density at radius 3 is 2.50 bits per heavy atom. The Hall–Kier alpha value is -3.20. The van der Waals surface area contributed by atoms with Gasteiger partial charge >= 0.3 is 0 Å². The second kappa shape index (κ2) is 10.5. The highest BCUT2D eigenvalue weighted by Gasteiger charge is 2.29. The predicted molar refractivity (Wildman–Crippen MR) is 152 cm³/mol. The molecule has 0 aliphatic carbocycles. The summed E-state index contributed by atoms with van der Waals surface area (Å²) >= 11 is 6.35. The van der Waals surface area contributed by atoms with E-state index in [0.717, 1.165) is 80.4 Å². The third-order valence-corrected chi connectivity index (χ3v) is 8.27. The summed E-state index contributed by atoms with van der Waals surface area (Å²) in [7, 11) is 4.07. The molecular weight excluding hydrogens is 501 g/mol. The lowest BCUT2D eigenvalue weighted by Gasteiger charge is -2.43. The molecule has 0 N–H and O–H groups in total. The molecule has 2 aromatic heterocycles. The van der Waals surface area contributed by atoms with Crippen molar-refractivity contribution < 1.29 is 4.39 Å². The molecule has 0 unspecified atom stereocenters. The van der Waals surface area contributed by atoms with E-state index in [2.05, 4.69) is 31.8 Å². The van der Waals surface area contributed by atoms with Gasteiger partial charge in [0.15, 0.2) is 5.65 Å². The molecular formula is C29H33ClFN7. The molecule has 2 aliphatic rings. The molecule has 2 fully saturated rings. The summed E-state index contributed by atoms with van der Waals surface area (Å²) in [6, 6.07) is 15.6. The fourth-order valence-corrected chi connectivity index (χ4v) is 6.00. The van der Waals surface area contributed by atoms with E-state index in [1.807, 2.05) is 54.4 Å². The van der Waals surface area contributed by atoms with E-state index in [4.69, 9.17) is 11.6 Å². The van der Waals surface area contributed by atoms with Crippen molar-refractivity contribution in [1.29, 1.82) is 0 Å². The zero-order chi connectivity index (χ0) is 26.2. The van der Waals surface area contributed by atoms with Gasteiger partial charge in [-0.3, -0.25) is 4.90 Å². The minimum atomic E-state index is -0.296. The first kappa shape index (κ1) is 25.1. The summed E-state index contributed by atoms with van der Waals surface area (Å²) in [6.07, 6.45) is 5.62. The highest BCUT2D eigenvalue weighted by molar-refractivity contribution is 6.30. The lowest BCUT2D eigenvalue weighted by molar-refractivity contribution is 0.0982. The minimum absolute atomic E-state index is 0.296. The Bertz CT molecular complexity index is 1420. The Balaban J connectivity index is 1.35. The quantitative estimate of drug-likeness (QED) is 0.352. The molecule has 7 nitrogen and oxygen atoms in total. The van der Waals surface area contributed by atoms with Crippen molar-refractivity contribution in [2.75, 3.05) is 63.2 Å². The van der Waals surface area contributed by atoms with Gasteiger partial charge in [-0.1, -0.05) is 23.7 Å². The average molecular weight is 534 g/mol. The van der Waals surface area contributed by atoms with E-state index >= 15 is 4.39 Å². The van der Waals surface area contributed by atoms with Gasteiger partial charge in [0, 0.05) is 80.9 Å². The van der Waals surface area contributed by atoms with Crippen molar-refractivity contribution in [3.63, 3.8) is 0 Å². The summed E-state index contributed by atoms with van der Waals surface area (Å²) in [5, 5.41) is 5.04. The summed E-state index contributed by atoms with van der Waals surface area (Å²) in [5.41, 5.74) is 4.02. The SMILES string of the molecule is CN1CCN(C2CCN(c3cc(N(C)c4ccnc5ccnn45)c(F)cc3-c3cccc(Cl)c3)CC2)CC1. The maximum atomic E-state index is 15.8. The fourth-order valence-electron chi connectivity index (χ4n) is 5.81. The first-order valence-corrected chi connectivity index (χ1v) is 13.7. The van der Waals surface area contributed by atoms with Crippen LogP contribution in [0.15, 0.2) is 60.9 Å². The highest BCUT2D eigenvalue weighted by atomic mass is 35.5. The molecule has 4 heterocycles. The van der Waals surface area contributed by atoms with Crippen molar-refractivity contribution in [3.05, 3.63) is 71.8 Å². The zero-order valence-corrected chi connectivity index (χ0v) is 22.7. The van der Waals surface area contributed by atoms with Crippen LogP contribution in [0, 0.1) is 5.82 Å². The summed E-state index contributed by atoms with van der Waals surface area (Å²) in [4.78, 5) is 13.7. The second-order valence-corrected chi connectivity index (χ2v) is 10.8. The third kappa shape index (κ3) is 4.84. The maximum absolute atomic E-state index is 15.8. The van der Waals surface area contributed by atoms with Crippen LogP contribution < -0.4 is 9.80 Å². The largest absolute Gasteiger partial charge is 0.371 e. The van der Waals surface area contributed by atoms with E-state index in [0.29, 0.717) is 16.8 Å². The van der Waals surface area contributed by atoms with Gasteiger partial charge in [-0.15, -0.1) is 0 Å². The van der Waals surface area contributed by atoms with Crippen LogP contribution >= 0.6 is 11.6 Å². The highest BCUT2D eigenvalue weighted by Crippen LogP contribution is 2.40. The standard InChI is InChI=1S/C29H33ClFN7/c1-34-14-16-36(17-15-34)23-8-12-37(13-9-23)26-20-27(25(31)19-24(26)21-4-3-5-22(30)18-21)35(2)29-7-10-32-28-6-11-33-38(28)29/h3-7,10-11,18-20,23H,8-9,12-17H2,1-2H3. The Morgan fingerprint density at radius 1 is 0.947 bits per heavy atom. The number of nitrogens with zero attached hydrogens (tertiary/aromatic N) is 7. The number of piperidine rings is 1. The summed E-state index contributed by atoms with van der Waals surface area (Å²) < 4.78 is 17.6. The topological polar surface area (TPSA) is 43.2 Å². The van der Waals surface area contributed by atoms with E-state index in [1.165, 1.54) is 0 Å². The molecule has 0 bridgehead atoms. The Morgan fingerprint density at radius 2 is 1.74 bits per heavy atom. The summed E-state index contributed by atoms with van der Waals surface area (Å²) in [6.45, 7) is 6.38. The number of benzene rings is 2. The first-order chi connectivity index (χ1) is 18.5. The van der Waals surface area contributed by atoms with Gasteiger partial charge in [-0.2, -0.15) is 9.61 Å². The summed E-state index contributed by atoms with van der Waals surface area (Å²) in [5.74, 6) is 0.449. The van der Waals surface area contributed by atoms with E-state index < -0.39 is 0 Å². The molecule has 0 saturated carbocycles. The van der Waals surface area contributed by atoms with Crippen LogP contribution in [-0.4, -0.2) is 83.8 Å². The van der Waals surface area contributed by atoms with Crippen LogP contribution in [0.25, 0.3) is 16.8 Å². The van der Waals surface area contributed by atoms with Gasteiger partial charge in [0.25, 0.3) is 0 Å². The fraction of sp³-hybridized carbons (Fsp3) is 0.379. The van der Waals surface area contributed by atoms with E-state index in [9.17, 15) is 0 Å². The molecule has 0 spiro atoms. The van der Waals surface area contributed by atoms with E-state index in [1.54, 1.807) is 23.0 Å². The molecule has 2 aromatic carbocycles. The average Bonchev–Trinajstić information content (AvgIpc) is 3.42. The number of piperazine rings is 1. The normalized spacial score (nSPS) is 17.8. The molecule has 198 valence electrons. The van der Waals surface area contributed by atoms with E-state index in [-0.39, 0.29) is 5.82 Å². The van der Waals surface area contributed by atoms with Crippen LogP contribution in [0.4, 0.5) is 21.6 Å². The number of rotatable bonds is 5. The number of halogens is 2. The molecule has 2 saturated heterocycles. The Kier molecular flexibility index (Phi) is 6.95. The maximum Gasteiger partial charge on any atom is 0.157 e. The van der Waals surface area contributed by atoms with Gasteiger partial charge in [0.2, 0.25) is 0 Å². The van der Waals surface area contributed by atoms with Crippen molar-refractivity contribution >= 4 is 34.4 Å². The first-order valence-electron chi connectivity index (χ1n) is 13.3. The second-order valence-electron chi connectivity index (χ2n) is 10.4. The molecule has 4 aromatic rings. The number of fused-ring (bicyclic) bond motifs is 1.